The Hall–Kier alpha value is -4.20. The van der Waals surface area contributed by atoms with Crippen molar-refractivity contribution >= 4 is 17.6 Å². The van der Waals surface area contributed by atoms with E-state index in [-0.39, 0.29) is 17.2 Å². The van der Waals surface area contributed by atoms with Crippen molar-refractivity contribution in [1.29, 1.82) is 0 Å². The summed E-state index contributed by atoms with van der Waals surface area (Å²) in [7, 11) is 0. The largest absolute Gasteiger partial charge is 0.444 e. The van der Waals surface area contributed by atoms with Crippen LogP contribution in [0, 0.1) is 0 Å². The minimum absolute atomic E-state index is 0.0335. The van der Waals surface area contributed by atoms with Gasteiger partial charge in [0, 0.05) is 17.3 Å². The molecule has 2 aromatic heterocycles. The van der Waals surface area contributed by atoms with Gasteiger partial charge in [-0.2, -0.15) is 5.12 Å². The quantitative estimate of drug-likeness (QED) is 0.276. The third kappa shape index (κ3) is 5.24. The van der Waals surface area contributed by atoms with E-state index in [0.29, 0.717) is 5.65 Å². The van der Waals surface area contributed by atoms with Crippen LogP contribution in [0.15, 0.2) is 72.9 Å². The van der Waals surface area contributed by atoms with E-state index >= 15 is 0 Å². The Bertz CT molecular complexity index is 1500. The number of nitrogens with zero attached hydrogens (tertiary/aromatic N) is 3. The van der Waals surface area contributed by atoms with Crippen LogP contribution in [0.2, 0.25) is 0 Å². The van der Waals surface area contributed by atoms with Crippen LogP contribution in [-0.2, 0) is 10.3 Å². The average Bonchev–Trinajstić information content (AvgIpc) is 3.28. The molecule has 0 radical (unpaired) electrons. The highest BCUT2D eigenvalue weighted by Gasteiger charge is 2.41. The van der Waals surface area contributed by atoms with Crippen LogP contribution in [0.1, 0.15) is 62.9 Å². The van der Waals surface area contributed by atoms with E-state index in [2.05, 4.69) is 5.32 Å². The highest BCUT2D eigenvalue weighted by Crippen LogP contribution is 2.42. The third-order valence-corrected chi connectivity index (χ3v) is 7.07. The predicted octanol–water partition coefficient (Wildman–Crippen LogP) is 6.92. The number of hydrogen-bond donors (Lipinski definition) is 1. The van der Waals surface area contributed by atoms with Crippen molar-refractivity contribution in [2.75, 3.05) is 6.54 Å². The third-order valence-electron chi connectivity index (χ3n) is 7.07. The van der Waals surface area contributed by atoms with E-state index in [1.54, 1.807) is 25.3 Å². The molecule has 8 heteroatoms. The number of halogens is 1. The molecule has 0 unspecified atom stereocenters. The fourth-order valence-corrected chi connectivity index (χ4v) is 4.99. The van der Waals surface area contributed by atoms with Crippen molar-refractivity contribution in [2.45, 2.75) is 58.1 Å². The number of alkyl carbamates (subject to hydrolysis) is 1. The molecule has 2 amide bonds. The Labute approximate surface area is 227 Å². The summed E-state index contributed by atoms with van der Waals surface area (Å²) in [6.45, 7) is 7.11. The van der Waals surface area contributed by atoms with Gasteiger partial charge in [-0.3, -0.25) is 9.20 Å². The molecule has 4 aromatic rings. The van der Waals surface area contributed by atoms with Gasteiger partial charge in [-0.15, -0.1) is 0 Å². The number of hydrogen-bond acceptors (Lipinski definition) is 4. The number of pyridine rings is 1. The molecule has 7 nitrogen and oxygen atoms in total. The molecule has 5 rings (SSSR count). The lowest BCUT2D eigenvalue weighted by Crippen LogP contribution is -2.52. The molecule has 1 saturated carbocycles. The topological polar surface area (TPSA) is 75.9 Å². The average molecular weight is 529 g/mol. The van der Waals surface area contributed by atoms with Gasteiger partial charge in [-0.1, -0.05) is 59.1 Å². The van der Waals surface area contributed by atoms with Crippen LogP contribution in [0.3, 0.4) is 0 Å². The first-order chi connectivity index (χ1) is 18.6. The molecule has 0 bridgehead atoms. The summed E-state index contributed by atoms with van der Waals surface area (Å²) in [4.78, 5) is 30.0. The summed E-state index contributed by atoms with van der Waals surface area (Å²) >= 11 is 0. The van der Waals surface area contributed by atoms with Crippen LogP contribution in [0.4, 0.5) is 9.28 Å². The van der Waals surface area contributed by atoms with Crippen LogP contribution < -0.4 is 5.32 Å². The van der Waals surface area contributed by atoms with E-state index in [1.165, 1.54) is 0 Å². The van der Waals surface area contributed by atoms with Crippen LogP contribution in [0.25, 0.3) is 28.2 Å². The zero-order valence-corrected chi connectivity index (χ0v) is 22.7. The Kier molecular flexibility index (Phi) is 6.89. The fraction of sp³-hybridized carbons (Fsp3) is 0.323. The highest BCUT2D eigenvalue weighted by molar-refractivity contribution is 5.94. The molecule has 0 saturated heterocycles. The Balaban J connectivity index is 1.54. The van der Waals surface area contributed by atoms with Crippen molar-refractivity contribution < 1.29 is 18.8 Å². The molecule has 1 N–H and O–H groups in total. The monoisotopic (exact) mass is 528 g/mol. The van der Waals surface area contributed by atoms with Crippen LogP contribution in [-0.4, -0.2) is 38.7 Å². The number of carbonyl (C=O) groups is 2. The number of amides is 2. The first kappa shape index (κ1) is 26.4. The smallest absolute Gasteiger partial charge is 0.408 e. The van der Waals surface area contributed by atoms with Gasteiger partial charge < -0.3 is 10.1 Å². The molecule has 2 heterocycles. The van der Waals surface area contributed by atoms with Gasteiger partial charge in [0.2, 0.25) is 0 Å². The van der Waals surface area contributed by atoms with Gasteiger partial charge in [0.1, 0.15) is 11.2 Å². The number of carbonyl (C=O) groups excluding carboxylic acids is 2. The number of fused-ring (bicyclic) bond motifs is 1. The number of aromatic nitrogens is 2. The lowest BCUT2D eigenvalue weighted by atomic mass is 9.71. The maximum absolute atomic E-state index is 14.1. The molecule has 1 fully saturated rings. The van der Waals surface area contributed by atoms with Gasteiger partial charge in [-0.25, -0.2) is 9.78 Å². The van der Waals surface area contributed by atoms with E-state index in [0.717, 1.165) is 47.3 Å². The normalized spacial score (nSPS) is 14.5. The maximum Gasteiger partial charge on any atom is 0.408 e. The molecule has 2 aromatic carbocycles. The molecular weight excluding hydrogens is 495 g/mol. The SMILES string of the molecule is CCN(F)C(=O)c1ccc2nc(-c3ccc(C4(NC(=O)OC(C)(C)C)CCC4)cc3)c(-c3ccccc3)n2c1. The standard InChI is InChI=1S/C31H33FN4O3/c1-5-36(32)28(37)23-14-17-25-33-26(27(35(25)20-23)22-10-7-6-8-11-22)21-12-15-24(16-13-21)31(18-9-19-31)34-29(38)39-30(2,3)4/h6-8,10-17,20H,5,9,18-19H2,1-4H3,(H,34,38). The Morgan fingerprint density at radius 1 is 1.03 bits per heavy atom. The zero-order valence-electron chi connectivity index (χ0n) is 22.7. The molecule has 0 atom stereocenters. The maximum atomic E-state index is 14.1. The summed E-state index contributed by atoms with van der Waals surface area (Å²) in [5, 5.41) is 3.30. The number of ether oxygens (including phenoxy) is 1. The van der Waals surface area contributed by atoms with Gasteiger partial charge in [-0.05, 0) is 64.7 Å². The fourth-order valence-electron chi connectivity index (χ4n) is 4.99. The van der Waals surface area contributed by atoms with Crippen molar-refractivity contribution in [3.05, 3.63) is 84.1 Å². The molecule has 202 valence electrons. The lowest BCUT2D eigenvalue weighted by Gasteiger charge is -2.43. The Morgan fingerprint density at radius 3 is 2.31 bits per heavy atom. The number of nitrogens with one attached hydrogen (secondary N) is 1. The van der Waals surface area contributed by atoms with Gasteiger partial charge in [0.25, 0.3) is 5.91 Å². The zero-order chi connectivity index (χ0) is 27.8. The van der Waals surface area contributed by atoms with Crippen molar-refractivity contribution in [2.24, 2.45) is 0 Å². The summed E-state index contributed by atoms with van der Waals surface area (Å²) in [5.41, 5.74) is 4.24. The van der Waals surface area contributed by atoms with Crippen LogP contribution >= 0.6 is 0 Å². The predicted molar refractivity (Wildman–Crippen MR) is 149 cm³/mol. The minimum Gasteiger partial charge on any atom is -0.444 e. The molecule has 1 aliphatic carbocycles. The van der Waals surface area contributed by atoms with Crippen molar-refractivity contribution in [3.8, 4) is 22.5 Å². The summed E-state index contributed by atoms with van der Waals surface area (Å²) in [6, 6.07) is 21.2. The Morgan fingerprint density at radius 2 is 1.72 bits per heavy atom. The second-order valence-electron chi connectivity index (χ2n) is 10.9. The summed E-state index contributed by atoms with van der Waals surface area (Å²) < 4.78 is 21.4. The molecule has 0 aliphatic heterocycles. The van der Waals surface area contributed by atoms with Crippen LogP contribution in [0.5, 0.6) is 0 Å². The number of benzene rings is 2. The second kappa shape index (κ2) is 10.2. The lowest BCUT2D eigenvalue weighted by molar-refractivity contribution is 0.0226. The van der Waals surface area contributed by atoms with E-state index in [9.17, 15) is 14.1 Å². The highest BCUT2D eigenvalue weighted by atomic mass is 19.2. The number of imidazole rings is 1. The summed E-state index contributed by atoms with van der Waals surface area (Å²) in [6.07, 6.45) is 3.93. The van der Waals surface area contributed by atoms with Gasteiger partial charge >= 0.3 is 6.09 Å². The molecule has 1 aliphatic rings. The molecule has 0 spiro atoms. The van der Waals surface area contributed by atoms with E-state index in [4.69, 9.17) is 9.72 Å². The van der Waals surface area contributed by atoms with Crippen molar-refractivity contribution in [3.63, 3.8) is 0 Å². The minimum atomic E-state index is -0.693. The summed E-state index contributed by atoms with van der Waals surface area (Å²) in [5.74, 6) is -0.693. The first-order valence-corrected chi connectivity index (χ1v) is 13.3. The van der Waals surface area contributed by atoms with E-state index < -0.39 is 23.1 Å². The number of rotatable bonds is 6. The first-order valence-electron chi connectivity index (χ1n) is 13.3. The van der Waals surface area contributed by atoms with Gasteiger partial charge in [0.05, 0.1) is 29.0 Å². The van der Waals surface area contributed by atoms with Gasteiger partial charge in [0.15, 0.2) is 0 Å². The van der Waals surface area contributed by atoms with E-state index in [1.807, 2.05) is 79.8 Å². The second-order valence-corrected chi connectivity index (χ2v) is 10.9. The van der Waals surface area contributed by atoms with Crippen molar-refractivity contribution in [1.82, 2.24) is 19.8 Å². The molecule has 39 heavy (non-hydrogen) atoms. The molecular formula is C31H33FN4O3.